The van der Waals surface area contributed by atoms with Crippen LogP contribution in [0.3, 0.4) is 0 Å². The highest BCUT2D eigenvalue weighted by molar-refractivity contribution is 7.25. The normalized spacial score (nSPS) is 17.2. The van der Waals surface area contributed by atoms with E-state index in [1.54, 1.807) is 0 Å². The molecule has 0 bridgehead atoms. The molecule has 3 aliphatic rings. The first-order valence-electron chi connectivity index (χ1n) is 19.7. The Kier molecular flexibility index (Phi) is 6.72. The number of hydrogen-bond donors (Lipinski definition) is 1. The van der Waals surface area contributed by atoms with E-state index in [1.807, 2.05) is 11.3 Å². The van der Waals surface area contributed by atoms with E-state index in [9.17, 15) is 0 Å². The first kappa shape index (κ1) is 33.1. The van der Waals surface area contributed by atoms with Gasteiger partial charge in [0, 0.05) is 43.4 Å². The summed E-state index contributed by atoms with van der Waals surface area (Å²) in [6, 6.07) is 40.5. The van der Waals surface area contributed by atoms with Gasteiger partial charge in [0.25, 0.3) is 0 Å². The van der Waals surface area contributed by atoms with Crippen molar-refractivity contribution in [2.75, 3.05) is 10.2 Å². The smallest absolute Gasteiger partial charge is 0.200 e. The Hall–Kier alpha value is -5.26. The van der Waals surface area contributed by atoms with Crippen LogP contribution in [0.5, 0.6) is 0 Å². The summed E-state index contributed by atoms with van der Waals surface area (Å²) in [6.45, 7) is 16.8. The third-order valence-corrected chi connectivity index (χ3v) is 14.5. The number of rotatable bonds is 2. The molecule has 1 radical (unpaired) electrons. The van der Waals surface area contributed by atoms with Crippen LogP contribution in [0.2, 0.25) is 0 Å². The van der Waals surface area contributed by atoms with Crippen LogP contribution < -0.4 is 21.1 Å². The second-order valence-corrected chi connectivity index (χ2v) is 19.0. The minimum Gasteiger partial charge on any atom is -0.455 e. The van der Waals surface area contributed by atoms with Crippen LogP contribution in [0.1, 0.15) is 82.2 Å². The van der Waals surface area contributed by atoms with E-state index in [4.69, 9.17) is 4.42 Å². The maximum absolute atomic E-state index is 7.00. The van der Waals surface area contributed by atoms with E-state index >= 15 is 0 Å². The number of nitrogens with zero attached hydrogens (tertiary/aromatic N) is 1. The molecule has 11 rings (SSSR count). The lowest BCUT2D eigenvalue weighted by Gasteiger charge is -2.43. The molecule has 3 nitrogen and oxygen atoms in total. The molecule has 6 aromatic carbocycles. The van der Waals surface area contributed by atoms with Gasteiger partial charge in [-0.25, -0.2) is 0 Å². The van der Waals surface area contributed by atoms with Crippen molar-refractivity contribution in [3.05, 3.63) is 137 Å². The number of aryl methyl sites for hydroxylation is 1. The lowest BCUT2D eigenvalue weighted by atomic mass is 9.58. The predicted molar refractivity (Wildman–Crippen MR) is 236 cm³/mol. The van der Waals surface area contributed by atoms with Crippen molar-refractivity contribution in [1.29, 1.82) is 0 Å². The molecule has 0 amide bonds. The highest BCUT2D eigenvalue weighted by Gasteiger charge is 2.41. The Morgan fingerprint density at radius 1 is 0.655 bits per heavy atom. The van der Waals surface area contributed by atoms with Crippen molar-refractivity contribution in [1.82, 2.24) is 0 Å². The summed E-state index contributed by atoms with van der Waals surface area (Å²) >= 11 is 1.90. The summed E-state index contributed by atoms with van der Waals surface area (Å²) in [5.74, 6) is 0. The van der Waals surface area contributed by atoms with Crippen LogP contribution in [0.4, 0.5) is 27.8 Å². The van der Waals surface area contributed by atoms with Crippen molar-refractivity contribution in [2.45, 2.75) is 77.6 Å². The molecular formula is C50H44BN2OS. The lowest BCUT2D eigenvalue weighted by Crippen LogP contribution is -2.40. The number of furan rings is 1. The van der Waals surface area contributed by atoms with Gasteiger partial charge >= 0.3 is 0 Å². The Balaban J connectivity index is 1.27. The second-order valence-electron chi connectivity index (χ2n) is 17.9. The summed E-state index contributed by atoms with van der Waals surface area (Å²) in [5, 5.41) is 8.78. The van der Waals surface area contributed by atoms with Crippen molar-refractivity contribution < 1.29 is 4.42 Å². The fourth-order valence-electron chi connectivity index (χ4n) is 10.1. The van der Waals surface area contributed by atoms with Gasteiger partial charge in [0.15, 0.2) is 7.28 Å². The van der Waals surface area contributed by atoms with Crippen molar-refractivity contribution in [2.24, 2.45) is 0 Å². The monoisotopic (exact) mass is 731 g/mol. The molecule has 55 heavy (non-hydrogen) atoms. The molecule has 0 atom stereocenters. The van der Waals surface area contributed by atoms with Gasteiger partial charge in [0.1, 0.15) is 11.2 Å². The van der Waals surface area contributed by atoms with Gasteiger partial charge in [0.05, 0.1) is 16.4 Å². The molecule has 0 saturated heterocycles. The topological polar surface area (TPSA) is 28.4 Å². The molecule has 1 N–H and O–H groups in total. The molecule has 5 heteroatoms. The fourth-order valence-corrected chi connectivity index (χ4v) is 11.3. The largest absolute Gasteiger partial charge is 0.455 e. The van der Waals surface area contributed by atoms with Crippen LogP contribution in [0, 0.1) is 6.92 Å². The predicted octanol–water partition coefficient (Wildman–Crippen LogP) is 12.9. The molecule has 2 aromatic heterocycles. The van der Waals surface area contributed by atoms with Crippen LogP contribution in [0.25, 0.3) is 43.2 Å². The minimum atomic E-state index is -0.192. The quantitative estimate of drug-likeness (QED) is 0.180. The zero-order valence-corrected chi connectivity index (χ0v) is 33.5. The molecular weight excluding hydrogens is 687 g/mol. The second kappa shape index (κ2) is 11.2. The molecule has 1 aliphatic carbocycles. The third-order valence-electron chi connectivity index (χ3n) is 13.3. The van der Waals surface area contributed by atoms with E-state index in [0.717, 1.165) is 44.4 Å². The SMILES string of the molecule is Cc1cc2c(cc1N1c3cc4c(oc5ccccc54)c(-c4cccc5c4Nc4ccccc4C5(C)C)c3[B]c3c1sc1ccccc31)C(C)(C)CCC2(C)C. The van der Waals surface area contributed by atoms with Crippen molar-refractivity contribution in [3.8, 4) is 11.1 Å². The van der Waals surface area contributed by atoms with Crippen LogP contribution in [-0.2, 0) is 16.2 Å². The number of hydrogen-bond acceptors (Lipinski definition) is 4. The summed E-state index contributed by atoms with van der Waals surface area (Å²) in [7, 11) is 2.46. The van der Waals surface area contributed by atoms with Crippen LogP contribution in [-0.4, -0.2) is 7.28 Å². The van der Waals surface area contributed by atoms with E-state index < -0.39 is 0 Å². The average Bonchev–Trinajstić information content (AvgIpc) is 3.73. The standard InChI is InChI=1S/C50H44BN2OS/c1-28-25-35-36(49(4,5)24-23-48(35,2)3)27-38(28)53-39-26-32-29-15-8-12-21-40(29)54-46(32)42(44(39)51-43-30-16-9-13-22-41(30)55-47(43)53)31-17-14-19-34-45(31)52-37-20-11-10-18-33(37)50(34,6)7/h8-22,25-27,52H,23-24H2,1-7H3. The Bertz CT molecular complexity index is 2940. The molecule has 0 spiro atoms. The van der Waals surface area contributed by atoms with E-state index in [0.29, 0.717) is 0 Å². The number of para-hydroxylation sites is 3. The van der Waals surface area contributed by atoms with E-state index in [2.05, 4.69) is 175 Å². The summed E-state index contributed by atoms with van der Waals surface area (Å²) in [6.07, 6.45) is 2.37. The molecule has 0 fully saturated rings. The summed E-state index contributed by atoms with van der Waals surface area (Å²) in [5.41, 5.74) is 18.2. The maximum atomic E-state index is 7.00. The number of benzene rings is 6. The average molecular weight is 732 g/mol. The molecule has 269 valence electrons. The highest BCUT2D eigenvalue weighted by Crippen LogP contribution is 2.54. The van der Waals surface area contributed by atoms with Crippen molar-refractivity contribution >= 4 is 89.3 Å². The Morgan fingerprint density at radius 2 is 1.35 bits per heavy atom. The third kappa shape index (κ3) is 4.57. The van der Waals surface area contributed by atoms with Crippen molar-refractivity contribution in [3.63, 3.8) is 0 Å². The number of nitrogens with one attached hydrogen (secondary N) is 1. The first-order valence-corrected chi connectivity index (χ1v) is 20.5. The zero-order chi connectivity index (χ0) is 37.6. The van der Waals surface area contributed by atoms with E-state index in [1.165, 1.54) is 78.0 Å². The highest BCUT2D eigenvalue weighted by atomic mass is 32.1. The van der Waals surface area contributed by atoms with Gasteiger partial charge in [0.2, 0.25) is 0 Å². The van der Waals surface area contributed by atoms with Gasteiger partial charge in [-0.1, -0.05) is 120 Å². The van der Waals surface area contributed by atoms with Gasteiger partial charge in [-0.2, -0.15) is 0 Å². The molecule has 2 aliphatic heterocycles. The van der Waals surface area contributed by atoms with Gasteiger partial charge in [-0.3, -0.25) is 0 Å². The number of anilines is 5. The first-order chi connectivity index (χ1) is 26.4. The van der Waals surface area contributed by atoms with E-state index in [-0.39, 0.29) is 16.2 Å². The zero-order valence-electron chi connectivity index (χ0n) is 32.6. The summed E-state index contributed by atoms with van der Waals surface area (Å²) in [4.78, 5) is 2.61. The Labute approximate surface area is 328 Å². The van der Waals surface area contributed by atoms with Crippen LogP contribution in [0.15, 0.2) is 114 Å². The Morgan fingerprint density at radius 3 is 2.16 bits per heavy atom. The van der Waals surface area contributed by atoms with Gasteiger partial charge in [-0.15, -0.1) is 11.3 Å². The number of fused-ring (bicyclic) bond motifs is 10. The maximum Gasteiger partial charge on any atom is 0.200 e. The fraction of sp³-hybridized carbons (Fsp3) is 0.240. The lowest BCUT2D eigenvalue weighted by molar-refractivity contribution is 0.332. The number of thiophene rings is 1. The summed E-state index contributed by atoms with van der Waals surface area (Å²) < 4.78 is 8.30. The molecule has 4 heterocycles. The van der Waals surface area contributed by atoms with Crippen LogP contribution >= 0.6 is 11.3 Å². The minimum absolute atomic E-state index is 0.0782. The van der Waals surface area contributed by atoms with Gasteiger partial charge in [-0.05, 0) is 105 Å². The molecule has 0 unspecified atom stereocenters. The van der Waals surface area contributed by atoms with Gasteiger partial charge < -0.3 is 14.6 Å². The molecule has 0 saturated carbocycles. The molecule has 8 aromatic rings.